The Kier molecular flexibility index (Phi) is 8.35. The van der Waals surface area contributed by atoms with E-state index in [1.165, 1.54) is 0 Å². The zero-order valence-corrected chi connectivity index (χ0v) is 20.2. The minimum Gasteiger partial charge on any atom is -0.497 e. The molecule has 3 aromatic rings. The number of para-hydroxylation sites is 1. The van der Waals surface area contributed by atoms with Crippen molar-refractivity contribution in [1.82, 2.24) is 20.0 Å². The van der Waals surface area contributed by atoms with E-state index in [0.717, 1.165) is 35.5 Å². The average molecular weight is 451 g/mol. The number of amides is 2. The number of ether oxygens (including phenoxy) is 2. The molecule has 1 aromatic heterocycles. The Morgan fingerprint density at radius 2 is 1.76 bits per heavy atom. The summed E-state index contributed by atoms with van der Waals surface area (Å²) in [5.74, 6) is 2.02. The second-order valence-corrected chi connectivity index (χ2v) is 8.01. The fourth-order valence-electron chi connectivity index (χ4n) is 3.48. The van der Waals surface area contributed by atoms with Gasteiger partial charge < -0.3 is 19.7 Å². The number of methoxy groups -OCH3 is 1. The summed E-state index contributed by atoms with van der Waals surface area (Å²) in [4.78, 5) is 14.8. The molecular formula is C26H34N4O3. The number of urea groups is 1. The second kappa shape index (κ2) is 11.4. The van der Waals surface area contributed by atoms with E-state index in [2.05, 4.69) is 19.2 Å². The highest BCUT2D eigenvalue weighted by molar-refractivity contribution is 5.74. The zero-order chi connectivity index (χ0) is 23.8. The highest BCUT2D eigenvalue weighted by Gasteiger charge is 2.26. The summed E-state index contributed by atoms with van der Waals surface area (Å²) < 4.78 is 13.4. The predicted octanol–water partition coefficient (Wildman–Crippen LogP) is 5.70. The maximum atomic E-state index is 13.0. The van der Waals surface area contributed by atoms with Gasteiger partial charge in [0.1, 0.15) is 11.5 Å². The van der Waals surface area contributed by atoms with Gasteiger partial charge in [-0.25, -0.2) is 9.48 Å². The van der Waals surface area contributed by atoms with Crippen molar-refractivity contribution in [1.29, 1.82) is 0 Å². The molecule has 0 aliphatic rings. The van der Waals surface area contributed by atoms with Gasteiger partial charge in [-0.1, -0.05) is 32.0 Å². The van der Waals surface area contributed by atoms with Crippen LogP contribution in [-0.2, 0) is 6.54 Å². The maximum Gasteiger partial charge on any atom is 0.317 e. The van der Waals surface area contributed by atoms with Crippen molar-refractivity contribution in [3.8, 4) is 23.1 Å². The number of nitrogens with one attached hydrogen (secondary N) is 1. The molecule has 0 radical (unpaired) electrons. The van der Waals surface area contributed by atoms with E-state index in [4.69, 9.17) is 14.6 Å². The Bertz CT molecular complexity index is 1030. The molecule has 1 heterocycles. The Labute approximate surface area is 196 Å². The molecular weight excluding hydrogens is 416 g/mol. The van der Waals surface area contributed by atoms with Gasteiger partial charge in [0.15, 0.2) is 0 Å². The van der Waals surface area contributed by atoms with Gasteiger partial charge in [0.05, 0.1) is 30.6 Å². The molecule has 7 heteroatoms. The summed E-state index contributed by atoms with van der Waals surface area (Å²) in [6.07, 6.45) is 1.73. The molecule has 2 amide bonds. The number of carbonyl (C=O) groups is 1. The standard InChI is InChI=1S/C26H34N4O3/c1-6-17-27-26(31)29(19(3)7-2)18-24-20(4)28-30(21-11-9-8-10-12-21)25(24)33-23-15-13-22(32-5)14-16-23/h8-16,19H,6-7,17-18H2,1-5H3,(H,27,31)/t19-/m0/s1. The van der Waals surface area contributed by atoms with Crippen LogP contribution < -0.4 is 14.8 Å². The lowest BCUT2D eigenvalue weighted by atomic mass is 10.1. The smallest absolute Gasteiger partial charge is 0.317 e. The summed E-state index contributed by atoms with van der Waals surface area (Å²) in [5, 5.41) is 7.79. The maximum absolute atomic E-state index is 13.0. The van der Waals surface area contributed by atoms with Crippen LogP contribution >= 0.6 is 0 Å². The van der Waals surface area contributed by atoms with Gasteiger partial charge in [0, 0.05) is 12.6 Å². The molecule has 7 nitrogen and oxygen atoms in total. The van der Waals surface area contributed by atoms with Gasteiger partial charge in [0.25, 0.3) is 0 Å². The van der Waals surface area contributed by atoms with Crippen molar-refractivity contribution >= 4 is 6.03 Å². The second-order valence-electron chi connectivity index (χ2n) is 8.01. The third-order valence-corrected chi connectivity index (χ3v) is 5.65. The summed E-state index contributed by atoms with van der Waals surface area (Å²) in [7, 11) is 1.63. The van der Waals surface area contributed by atoms with Crippen LogP contribution in [-0.4, -0.2) is 40.4 Å². The third-order valence-electron chi connectivity index (χ3n) is 5.65. The molecule has 0 spiro atoms. The predicted molar refractivity (Wildman–Crippen MR) is 130 cm³/mol. The van der Waals surface area contributed by atoms with Crippen LogP contribution in [0.3, 0.4) is 0 Å². The number of aryl methyl sites for hydroxylation is 1. The van der Waals surface area contributed by atoms with Gasteiger partial charge in [-0.15, -0.1) is 0 Å². The first kappa shape index (κ1) is 24.2. The molecule has 3 rings (SSSR count). The van der Waals surface area contributed by atoms with E-state index in [1.54, 1.807) is 11.8 Å². The Morgan fingerprint density at radius 1 is 1.09 bits per heavy atom. The summed E-state index contributed by atoms with van der Waals surface area (Å²) in [5.41, 5.74) is 2.58. The molecule has 0 bridgehead atoms. The number of benzene rings is 2. The fourth-order valence-corrected chi connectivity index (χ4v) is 3.48. The van der Waals surface area contributed by atoms with Crippen LogP contribution in [0.25, 0.3) is 5.69 Å². The summed E-state index contributed by atoms with van der Waals surface area (Å²) >= 11 is 0. The highest BCUT2D eigenvalue weighted by Crippen LogP contribution is 2.32. The van der Waals surface area contributed by atoms with Crippen LogP contribution in [0.2, 0.25) is 0 Å². The van der Waals surface area contributed by atoms with Crippen LogP contribution in [0.5, 0.6) is 17.4 Å². The van der Waals surface area contributed by atoms with Gasteiger partial charge in [-0.3, -0.25) is 0 Å². The minimum atomic E-state index is -0.0755. The molecule has 0 aliphatic carbocycles. The van der Waals surface area contributed by atoms with Crippen LogP contribution in [0, 0.1) is 6.92 Å². The van der Waals surface area contributed by atoms with Gasteiger partial charge in [-0.2, -0.15) is 5.10 Å². The van der Waals surface area contributed by atoms with Gasteiger partial charge in [0.2, 0.25) is 5.88 Å². The van der Waals surface area contributed by atoms with Crippen LogP contribution in [0.1, 0.15) is 44.9 Å². The minimum absolute atomic E-state index is 0.0650. The van der Waals surface area contributed by atoms with E-state index < -0.39 is 0 Å². The molecule has 0 unspecified atom stereocenters. The van der Waals surface area contributed by atoms with E-state index in [0.29, 0.717) is 24.7 Å². The van der Waals surface area contributed by atoms with E-state index >= 15 is 0 Å². The molecule has 176 valence electrons. The number of carbonyl (C=O) groups excluding carboxylic acids is 1. The van der Waals surface area contributed by atoms with Crippen molar-refractivity contribution in [3.63, 3.8) is 0 Å². The Balaban J connectivity index is 2.03. The van der Waals surface area contributed by atoms with E-state index in [1.807, 2.05) is 73.3 Å². The third kappa shape index (κ3) is 5.86. The first-order valence-corrected chi connectivity index (χ1v) is 11.5. The van der Waals surface area contributed by atoms with E-state index in [-0.39, 0.29) is 12.1 Å². The molecule has 33 heavy (non-hydrogen) atoms. The highest BCUT2D eigenvalue weighted by atomic mass is 16.5. The zero-order valence-electron chi connectivity index (χ0n) is 20.2. The summed E-state index contributed by atoms with van der Waals surface area (Å²) in [6, 6.07) is 17.3. The molecule has 1 atom stereocenters. The lowest BCUT2D eigenvalue weighted by molar-refractivity contribution is 0.172. The molecule has 0 saturated carbocycles. The molecule has 0 aliphatic heterocycles. The average Bonchev–Trinajstić information content (AvgIpc) is 3.16. The van der Waals surface area contributed by atoms with Crippen molar-refractivity contribution in [2.75, 3.05) is 13.7 Å². The van der Waals surface area contributed by atoms with Gasteiger partial charge >= 0.3 is 6.03 Å². The first-order valence-electron chi connectivity index (χ1n) is 11.5. The van der Waals surface area contributed by atoms with Crippen LogP contribution in [0.15, 0.2) is 54.6 Å². The van der Waals surface area contributed by atoms with Crippen molar-refractivity contribution < 1.29 is 14.3 Å². The topological polar surface area (TPSA) is 68.6 Å². The van der Waals surface area contributed by atoms with Crippen molar-refractivity contribution in [2.24, 2.45) is 0 Å². The number of aromatic nitrogens is 2. The Hall–Kier alpha value is -3.48. The number of hydrogen-bond donors (Lipinski definition) is 1. The lowest BCUT2D eigenvalue weighted by Crippen LogP contribution is -2.44. The molecule has 2 aromatic carbocycles. The van der Waals surface area contributed by atoms with Crippen LogP contribution in [0.4, 0.5) is 4.79 Å². The number of hydrogen-bond acceptors (Lipinski definition) is 4. The quantitative estimate of drug-likeness (QED) is 0.430. The van der Waals surface area contributed by atoms with E-state index in [9.17, 15) is 4.79 Å². The monoisotopic (exact) mass is 450 g/mol. The molecule has 0 saturated heterocycles. The first-order chi connectivity index (χ1) is 16.0. The van der Waals surface area contributed by atoms with Gasteiger partial charge in [-0.05, 0) is 63.1 Å². The normalized spacial score (nSPS) is 11.7. The number of nitrogens with zero attached hydrogens (tertiary/aromatic N) is 3. The lowest BCUT2D eigenvalue weighted by Gasteiger charge is -2.29. The van der Waals surface area contributed by atoms with Crippen molar-refractivity contribution in [2.45, 2.75) is 53.1 Å². The Morgan fingerprint density at radius 3 is 2.36 bits per heavy atom. The molecule has 0 fully saturated rings. The molecule has 1 N–H and O–H groups in total. The van der Waals surface area contributed by atoms with Crippen molar-refractivity contribution in [3.05, 3.63) is 65.9 Å². The number of rotatable bonds is 10. The largest absolute Gasteiger partial charge is 0.497 e. The summed E-state index contributed by atoms with van der Waals surface area (Å²) in [6.45, 7) is 9.18. The SMILES string of the molecule is CCCNC(=O)N(Cc1c(C)nn(-c2ccccc2)c1Oc1ccc(OC)cc1)[C@@H](C)CC. The fraction of sp³-hybridized carbons (Fsp3) is 0.385.